The second-order valence-electron chi connectivity index (χ2n) is 4.99. The van der Waals surface area contributed by atoms with E-state index in [2.05, 4.69) is 0 Å². The molecule has 22 heavy (non-hydrogen) atoms. The van der Waals surface area contributed by atoms with Crippen LogP contribution in [0.25, 0.3) is 10.8 Å². The minimum atomic E-state index is -0.439. The van der Waals surface area contributed by atoms with Gasteiger partial charge >= 0.3 is 5.97 Å². The van der Waals surface area contributed by atoms with Crippen molar-refractivity contribution in [3.05, 3.63) is 71.8 Å². The largest absolute Gasteiger partial charge is 0.421 e. The fraction of sp³-hybridized carbons (Fsp3) is 0.0556. The highest BCUT2D eigenvalue weighted by Gasteiger charge is 2.12. The van der Waals surface area contributed by atoms with Crippen LogP contribution in [0.1, 0.15) is 15.9 Å². The fourth-order valence-corrected chi connectivity index (χ4v) is 2.30. The molecule has 110 valence electrons. The first-order valence-electron chi connectivity index (χ1n) is 6.97. The van der Waals surface area contributed by atoms with E-state index < -0.39 is 5.97 Å². The number of benzene rings is 3. The van der Waals surface area contributed by atoms with Crippen LogP contribution in [-0.4, -0.2) is 5.97 Å². The number of anilines is 1. The van der Waals surface area contributed by atoms with Crippen molar-refractivity contribution in [3.8, 4) is 5.75 Å². The normalized spacial score (nSPS) is 10.6. The molecule has 0 aromatic heterocycles. The van der Waals surface area contributed by atoms with E-state index >= 15 is 0 Å². The van der Waals surface area contributed by atoms with Gasteiger partial charge in [0.1, 0.15) is 0 Å². The highest BCUT2D eigenvalue weighted by Crippen LogP contribution is 2.30. The minimum absolute atomic E-state index is 0.367. The van der Waals surface area contributed by atoms with Crippen LogP contribution in [0.15, 0.2) is 60.7 Å². The third-order valence-corrected chi connectivity index (χ3v) is 3.56. The Balaban J connectivity index is 1.88. The van der Waals surface area contributed by atoms with Crippen molar-refractivity contribution >= 4 is 22.4 Å². The summed E-state index contributed by atoms with van der Waals surface area (Å²) in [6.07, 6.45) is 0. The second kappa shape index (κ2) is 5.87. The molecule has 0 heterocycles. The van der Waals surface area contributed by atoms with Gasteiger partial charge < -0.3 is 16.2 Å². The van der Waals surface area contributed by atoms with Gasteiger partial charge in [0.15, 0.2) is 5.75 Å². The fourth-order valence-electron chi connectivity index (χ4n) is 2.30. The van der Waals surface area contributed by atoms with Crippen molar-refractivity contribution < 1.29 is 9.53 Å². The number of nitrogen functional groups attached to an aromatic ring is 1. The van der Waals surface area contributed by atoms with Crippen LogP contribution in [-0.2, 0) is 6.54 Å². The van der Waals surface area contributed by atoms with E-state index in [9.17, 15) is 4.79 Å². The summed E-state index contributed by atoms with van der Waals surface area (Å²) in [5, 5.41) is 1.87. The van der Waals surface area contributed by atoms with Crippen molar-refractivity contribution in [1.29, 1.82) is 0 Å². The Morgan fingerprint density at radius 1 is 0.955 bits per heavy atom. The maximum atomic E-state index is 12.2. The van der Waals surface area contributed by atoms with Gasteiger partial charge in [0.05, 0.1) is 11.3 Å². The Morgan fingerprint density at radius 3 is 2.41 bits per heavy atom. The quantitative estimate of drug-likeness (QED) is 0.442. The van der Waals surface area contributed by atoms with Gasteiger partial charge in [-0.15, -0.1) is 0 Å². The molecule has 0 bridgehead atoms. The molecule has 3 rings (SSSR count). The third-order valence-electron chi connectivity index (χ3n) is 3.56. The number of carbonyl (C=O) groups excluding carboxylic acids is 1. The predicted molar refractivity (Wildman–Crippen MR) is 87.7 cm³/mol. The van der Waals surface area contributed by atoms with E-state index in [1.165, 1.54) is 0 Å². The van der Waals surface area contributed by atoms with E-state index in [-0.39, 0.29) is 0 Å². The lowest BCUT2D eigenvalue weighted by Gasteiger charge is -2.10. The van der Waals surface area contributed by atoms with E-state index in [1.807, 2.05) is 30.3 Å². The smallest absolute Gasteiger partial charge is 0.343 e. The zero-order valence-corrected chi connectivity index (χ0v) is 12.0. The van der Waals surface area contributed by atoms with Crippen LogP contribution in [0.5, 0.6) is 5.75 Å². The molecular weight excluding hydrogens is 276 g/mol. The minimum Gasteiger partial charge on any atom is -0.421 e. The summed E-state index contributed by atoms with van der Waals surface area (Å²) in [4.78, 5) is 12.2. The Labute approximate surface area is 128 Å². The SMILES string of the molecule is NCc1ccc(C(=O)Oc2ccc3ccccc3c2N)cc1. The van der Waals surface area contributed by atoms with Crippen molar-refractivity contribution in [3.63, 3.8) is 0 Å². The monoisotopic (exact) mass is 292 g/mol. The van der Waals surface area contributed by atoms with E-state index in [0.717, 1.165) is 16.3 Å². The number of ether oxygens (including phenoxy) is 1. The zero-order chi connectivity index (χ0) is 15.5. The molecule has 0 atom stereocenters. The number of nitrogens with two attached hydrogens (primary N) is 2. The van der Waals surface area contributed by atoms with Gasteiger partial charge in [-0.3, -0.25) is 0 Å². The Bertz CT molecular complexity index is 826. The number of hydrogen-bond acceptors (Lipinski definition) is 4. The summed E-state index contributed by atoms with van der Waals surface area (Å²) < 4.78 is 5.42. The average molecular weight is 292 g/mol. The molecule has 0 spiro atoms. The van der Waals surface area contributed by atoms with Gasteiger partial charge in [0.2, 0.25) is 0 Å². The summed E-state index contributed by atoms with van der Waals surface area (Å²) in [7, 11) is 0. The van der Waals surface area contributed by atoms with E-state index in [1.54, 1.807) is 30.3 Å². The predicted octanol–water partition coefficient (Wildman–Crippen LogP) is 3.10. The molecule has 4 nitrogen and oxygen atoms in total. The van der Waals surface area contributed by atoms with Gasteiger partial charge in [0, 0.05) is 11.9 Å². The number of rotatable bonds is 3. The molecule has 0 unspecified atom stereocenters. The summed E-state index contributed by atoms with van der Waals surface area (Å²) >= 11 is 0. The molecule has 0 aliphatic rings. The molecule has 4 heteroatoms. The third kappa shape index (κ3) is 2.64. The van der Waals surface area contributed by atoms with Gasteiger partial charge in [-0.2, -0.15) is 0 Å². The molecule has 0 saturated carbocycles. The highest BCUT2D eigenvalue weighted by molar-refractivity contribution is 5.98. The molecule has 0 fully saturated rings. The summed E-state index contributed by atoms with van der Waals surface area (Å²) in [5.41, 5.74) is 13.5. The van der Waals surface area contributed by atoms with Crippen molar-refractivity contribution in [1.82, 2.24) is 0 Å². The summed E-state index contributed by atoms with van der Waals surface area (Å²) in [5.74, 6) is -0.0721. The number of hydrogen-bond donors (Lipinski definition) is 2. The highest BCUT2D eigenvalue weighted by atomic mass is 16.5. The van der Waals surface area contributed by atoms with Crippen LogP contribution in [0, 0.1) is 0 Å². The van der Waals surface area contributed by atoms with Crippen molar-refractivity contribution in [2.75, 3.05) is 5.73 Å². The standard InChI is InChI=1S/C18H16N2O2/c19-11-12-5-7-14(8-6-12)18(21)22-16-10-9-13-3-1-2-4-15(13)17(16)20/h1-10H,11,19-20H2. The molecule has 0 saturated heterocycles. The Hall–Kier alpha value is -2.85. The lowest BCUT2D eigenvalue weighted by Crippen LogP contribution is -2.10. The lowest BCUT2D eigenvalue weighted by molar-refractivity contribution is 0.0736. The Kier molecular flexibility index (Phi) is 3.76. The van der Waals surface area contributed by atoms with Gasteiger partial charge in [-0.25, -0.2) is 4.79 Å². The molecule has 4 N–H and O–H groups in total. The molecule has 0 aliphatic carbocycles. The van der Waals surface area contributed by atoms with E-state index in [0.29, 0.717) is 23.5 Å². The topological polar surface area (TPSA) is 78.3 Å². The van der Waals surface area contributed by atoms with Crippen LogP contribution in [0.3, 0.4) is 0 Å². The molecule has 3 aromatic carbocycles. The van der Waals surface area contributed by atoms with Crippen LogP contribution in [0.2, 0.25) is 0 Å². The maximum Gasteiger partial charge on any atom is 0.343 e. The number of esters is 1. The zero-order valence-electron chi connectivity index (χ0n) is 12.0. The first-order valence-corrected chi connectivity index (χ1v) is 6.97. The second-order valence-corrected chi connectivity index (χ2v) is 4.99. The van der Waals surface area contributed by atoms with Crippen molar-refractivity contribution in [2.24, 2.45) is 5.73 Å². The average Bonchev–Trinajstić information content (AvgIpc) is 2.57. The van der Waals surface area contributed by atoms with Crippen LogP contribution < -0.4 is 16.2 Å². The molecule has 0 amide bonds. The van der Waals surface area contributed by atoms with Gasteiger partial charge in [-0.1, -0.05) is 42.5 Å². The molecule has 0 aliphatic heterocycles. The van der Waals surface area contributed by atoms with Crippen LogP contribution in [0.4, 0.5) is 5.69 Å². The van der Waals surface area contributed by atoms with Gasteiger partial charge in [0.25, 0.3) is 0 Å². The lowest BCUT2D eigenvalue weighted by atomic mass is 10.1. The number of carbonyl (C=O) groups is 1. The first kappa shape index (κ1) is 14.1. The van der Waals surface area contributed by atoms with Gasteiger partial charge in [-0.05, 0) is 29.1 Å². The van der Waals surface area contributed by atoms with E-state index in [4.69, 9.17) is 16.2 Å². The summed E-state index contributed by atoms with van der Waals surface area (Å²) in [6.45, 7) is 0.437. The number of fused-ring (bicyclic) bond motifs is 1. The molecule has 3 aromatic rings. The maximum absolute atomic E-state index is 12.2. The summed E-state index contributed by atoms with van der Waals surface area (Å²) in [6, 6.07) is 18.3. The molecule has 0 radical (unpaired) electrons. The van der Waals surface area contributed by atoms with Crippen LogP contribution >= 0.6 is 0 Å². The Morgan fingerprint density at radius 2 is 1.68 bits per heavy atom. The van der Waals surface area contributed by atoms with Crippen molar-refractivity contribution in [2.45, 2.75) is 6.54 Å². The molecular formula is C18H16N2O2. The first-order chi connectivity index (χ1) is 10.7.